The fourth-order valence-electron chi connectivity index (χ4n) is 3.44. The third kappa shape index (κ3) is 4.02. The molecule has 2 aromatic carbocycles. The second kappa shape index (κ2) is 8.07. The molecule has 1 aliphatic carbocycles. The summed E-state index contributed by atoms with van der Waals surface area (Å²) in [5.74, 6) is 0.335. The van der Waals surface area contributed by atoms with E-state index in [4.69, 9.17) is 9.47 Å². The summed E-state index contributed by atoms with van der Waals surface area (Å²) < 4.78 is 10.7. The standard InChI is InChI=1S/C20H22N2O5/c1-21(17-9-5-7-14-6-3-4-8-16(14)17)20(23)13-27-19-12-15(22(24)25)10-11-18(19)26-2/h3-4,6,8,10-12,17H,5,7,9,13H2,1-2H3. The monoisotopic (exact) mass is 370 g/mol. The number of aryl methyl sites for hydroxylation is 1. The molecule has 0 bridgehead atoms. The van der Waals surface area contributed by atoms with Gasteiger partial charge in [0, 0.05) is 13.1 Å². The molecule has 1 unspecified atom stereocenters. The molecular weight excluding hydrogens is 348 g/mol. The number of fused-ring (bicyclic) bond motifs is 1. The summed E-state index contributed by atoms with van der Waals surface area (Å²) in [4.78, 5) is 24.8. The van der Waals surface area contributed by atoms with Gasteiger partial charge in [-0.2, -0.15) is 0 Å². The highest BCUT2D eigenvalue weighted by Gasteiger charge is 2.27. The highest BCUT2D eigenvalue weighted by atomic mass is 16.6. The summed E-state index contributed by atoms with van der Waals surface area (Å²) >= 11 is 0. The SMILES string of the molecule is COc1ccc([N+](=O)[O-])cc1OCC(=O)N(C)C1CCCc2ccccc21. The van der Waals surface area contributed by atoms with Crippen molar-refractivity contribution in [1.82, 2.24) is 4.90 Å². The number of nitrogens with zero attached hydrogens (tertiary/aromatic N) is 2. The Bertz CT molecular complexity index is 852. The van der Waals surface area contributed by atoms with Crippen LogP contribution in [0.15, 0.2) is 42.5 Å². The molecule has 0 fully saturated rings. The molecule has 142 valence electrons. The Morgan fingerprint density at radius 3 is 2.78 bits per heavy atom. The molecule has 0 spiro atoms. The number of amides is 1. The minimum Gasteiger partial charge on any atom is -0.493 e. The Balaban J connectivity index is 1.71. The molecule has 0 aliphatic heterocycles. The number of carbonyl (C=O) groups excluding carboxylic acids is 1. The van der Waals surface area contributed by atoms with Crippen LogP contribution in [0.3, 0.4) is 0 Å². The highest BCUT2D eigenvalue weighted by Crippen LogP contribution is 2.34. The number of hydrogen-bond donors (Lipinski definition) is 0. The molecule has 0 saturated carbocycles. The number of non-ortho nitro benzene ring substituents is 1. The molecule has 2 aromatic rings. The number of rotatable bonds is 6. The minimum absolute atomic E-state index is 0.0121. The van der Waals surface area contributed by atoms with Crippen molar-refractivity contribution in [3.8, 4) is 11.5 Å². The maximum Gasteiger partial charge on any atom is 0.273 e. The van der Waals surface area contributed by atoms with Crippen LogP contribution < -0.4 is 9.47 Å². The Morgan fingerprint density at radius 2 is 2.04 bits per heavy atom. The smallest absolute Gasteiger partial charge is 0.273 e. The molecule has 1 atom stereocenters. The summed E-state index contributed by atoms with van der Waals surface area (Å²) in [6.45, 7) is -0.216. The number of nitro benzene ring substituents is 1. The summed E-state index contributed by atoms with van der Waals surface area (Å²) in [6, 6.07) is 12.2. The van der Waals surface area contributed by atoms with Crippen molar-refractivity contribution in [3.63, 3.8) is 0 Å². The van der Waals surface area contributed by atoms with Crippen molar-refractivity contribution in [3.05, 3.63) is 63.7 Å². The molecular formula is C20H22N2O5. The maximum absolute atomic E-state index is 12.7. The predicted molar refractivity (Wildman–Crippen MR) is 100 cm³/mol. The van der Waals surface area contributed by atoms with Crippen molar-refractivity contribution in [2.75, 3.05) is 20.8 Å². The molecule has 0 radical (unpaired) electrons. The quantitative estimate of drug-likeness (QED) is 0.574. The number of likely N-dealkylation sites (N-methyl/N-ethyl adjacent to an activating group) is 1. The number of carbonyl (C=O) groups is 1. The molecule has 0 saturated heterocycles. The van der Waals surface area contributed by atoms with Crippen LogP contribution in [0, 0.1) is 10.1 Å². The zero-order valence-corrected chi connectivity index (χ0v) is 15.4. The van der Waals surface area contributed by atoms with Crippen molar-refractivity contribution in [1.29, 1.82) is 0 Å². The molecule has 1 amide bonds. The van der Waals surface area contributed by atoms with Gasteiger partial charge >= 0.3 is 0 Å². The molecule has 7 heteroatoms. The summed E-state index contributed by atoms with van der Waals surface area (Å²) in [7, 11) is 3.21. The number of methoxy groups -OCH3 is 1. The Morgan fingerprint density at radius 1 is 1.26 bits per heavy atom. The van der Waals surface area contributed by atoms with Gasteiger partial charge in [0.25, 0.3) is 11.6 Å². The zero-order valence-electron chi connectivity index (χ0n) is 15.4. The van der Waals surface area contributed by atoms with E-state index in [1.165, 1.54) is 36.4 Å². The lowest BCUT2D eigenvalue weighted by Gasteiger charge is -2.33. The van der Waals surface area contributed by atoms with Crippen molar-refractivity contribution in [2.45, 2.75) is 25.3 Å². The maximum atomic E-state index is 12.7. The van der Waals surface area contributed by atoms with Crippen LogP contribution in [0.2, 0.25) is 0 Å². The van der Waals surface area contributed by atoms with Gasteiger partial charge in [0.1, 0.15) is 0 Å². The van der Waals surface area contributed by atoms with Crippen molar-refractivity contribution in [2.24, 2.45) is 0 Å². The first-order valence-electron chi connectivity index (χ1n) is 8.80. The van der Waals surface area contributed by atoms with Crippen LogP contribution in [0.25, 0.3) is 0 Å². The fourth-order valence-corrected chi connectivity index (χ4v) is 3.44. The van der Waals surface area contributed by atoms with Gasteiger partial charge in [-0.25, -0.2) is 0 Å². The topological polar surface area (TPSA) is 81.9 Å². The van der Waals surface area contributed by atoms with Gasteiger partial charge < -0.3 is 14.4 Å². The number of nitro groups is 1. The van der Waals surface area contributed by atoms with Gasteiger partial charge in [0.15, 0.2) is 18.1 Å². The van der Waals surface area contributed by atoms with Crippen LogP contribution in [0.5, 0.6) is 11.5 Å². The van der Waals surface area contributed by atoms with E-state index in [0.29, 0.717) is 5.75 Å². The largest absolute Gasteiger partial charge is 0.493 e. The van der Waals surface area contributed by atoms with Gasteiger partial charge in [-0.1, -0.05) is 24.3 Å². The van der Waals surface area contributed by atoms with E-state index in [0.717, 1.165) is 19.3 Å². The molecule has 0 N–H and O–H groups in total. The highest BCUT2D eigenvalue weighted by molar-refractivity contribution is 5.78. The first-order chi connectivity index (χ1) is 13.0. The second-order valence-electron chi connectivity index (χ2n) is 6.49. The summed E-state index contributed by atoms with van der Waals surface area (Å²) in [5, 5.41) is 11.0. The number of hydrogen-bond acceptors (Lipinski definition) is 5. The van der Waals surface area contributed by atoms with E-state index in [9.17, 15) is 14.9 Å². The van der Waals surface area contributed by atoms with Gasteiger partial charge in [-0.05, 0) is 36.5 Å². The molecule has 27 heavy (non-hydrogen) atoms. The fraction of sp³-hybridized carbons (Fsp3) is 0.350. The normalized spacial score (nSPS) is 15.6. The van der Waals surface area contributed by atoms with E-state index >= 15 is 0 Å². The van der Waals surface area contributed by atoms with E-state index < -0.39 is 4.92 Å². The van der Waals surface area contributed by atoms with E-state index in [1.807, 2.05) is 12.1 Å². The third-order valence-corrected chi connectivity index (χ3v) is 4.91. The van der Waals surface area contributed by atoms with Crippen LogP contribution in [0.4, 0.5) is 5.69 Å². The van der Waals surface area contributed by atoms with Crippen LogP contribution in [-0.2, 0) is 11.2 Å². The van der Waals surface area contributed by atoms with Crippen molar-refractivity contribution < 1.29 is 19.2 Å². The molecule has 3 rings (SSSR count). The first-order valence-corrected chi connectivity index (χ1v) is 8.80. The second-order valence-corrected chi connectivity index (χ2v) is 6.49. The van der Waals surface area contributed by atoms with Crippen molar-refractivity contribution >= 4 is 11.6 Å². The Labute approximate surface area is 157 Å². The van der Waals surface area contributed by atoms with E-state index in [1.54, 1.807) is 11.9 Å². The van der Waals surface area contributed by atoms with E-state index in [-0.39, 0.29) is 30.0 Å². The van der Waals surface area contributed by atoms with Crippen LogP contribution in [0.1, 0.15) is 30.0 Å². The molecule has 0 heterocycles. The first kappa shape index (κ1) is 18.7. The lowest BCUT2D eigenvalue weighted by molar-refractivity contribution is -0.385. The molecule has 7 nitrogen and oxygen atoms in total. The van der Waals surface area contributed by atoms with Gasteiger partial charge in [0.2, 0.25) is 0 Å². The van der Waals surface area contributed by atoms with Gasteiger partial charge in [-0.15, -0.1) is 0 Å². The zero-order chi connectivity index (χ0) is 19.4. The van der Waals surface area contributed by atoms with E-state index in [2.05, 4.69) is 12.1 Å². The number of ether oxygens (including phenoxy) is 2. The molecule has 1 aliphatic rings. The predicted octanol–water partition coefficient (Wildman–Crippen LogP) is 3.52. The number of benzene rings is 2. The Kier molecular flexibility index (Phi) is 5.59. The average molecular weight is 370 g/mol. The van der Waals surface area contributed by atoms with Crippen LogP contribution in [-0.4, -0.2) is 36.5 Å². The summed E-state index contributed by atoms with van der Waals surface area (Å²) in [5.41, 5.74) is 2.33. The minimum atomic E-state index is -0.515. The lowest BCUT2D eigenvalue weighted by atomic mass is 9.87. The average Bonchev–Trinajstić information content (AvgIpc) is 2.70. The van der Waals surface area contributed by atoms with Gasteiger partial charge in [0.05, 0.1) is 24.1 Å². The lowest BCUT2D eigenvalue weighted by Crippen LogP contribution is -2.36. The van der Waals surface area contributed by atoms with Crippen LogP contribution >= 0.6 is 0 Å². The third-order valence-electron chi connectivity index (χ3n) is 4.91. The molecule has 0 aromatic heterocycles. The van der Waals surface area contributed by atoms with Gasteiger partial charge in [-0.3, -0.25) is 14.9 Å². The Hall–Kier alpha value is -3.09. The summed E-state index contributed by atoms with van der Waals surface area (Å²) in [6.07, 6.45) is 2.95.